The molecule has 0 aliphatic carbocycles. The largest absolute Gasteiger partial charge is 0.478 e. The second kappa shape index (κ2) is 8.73. The summed E-state index contributed by atoms with van der Waals surface area (Å²) in [6.45, 7) is 5.32. The Kier molecular flexibility index (Phi) is 6.99. The van der Waals surface area contributed by atoms with E-state index in [1.54, 1.807) is 0 Å². The normalized spacial score (nSPS) is 11.5. The lowest BCUT2D eigenvalue weighted by atomic mass is 9.95. The molecule has 0 radical (unpaired) electrons. The number of esters is 1. The molecule has 1 atom stereocenters. The maximum absolute atomic E-state index is 11.4. The summed E-state index contributed by atoms with van der Waals surface area (Å²) in [5.74, 6) is -3.21. The zero-order chi connectivity index (χ0) is 17.4. The highest BCUT2D eigenvalue weighted by atomic mass is 16.5. The lowest BCUT2D eigenvalue weighted by Crippen LogP contribution is -2.22. The molecule has 0 heterocycles. The van der Waals surface area contributed by atoms with Crippen LogP contribution in [0.4, 0.5) is 0 Å². The van der Waals surface area contributed by atoms with E-state index in [0.717, 1.165) is 18.9 Å². The summed E-state index contributed by atoms with van der Waals surface area (Å²) < 4.78 is 5.24. The van der Waals surface area contributed by atoms with Crippen molar-refractivity contribution in [2.45, 2.75) is 38.7 Å². The predicted molar refractivity (Wildman–Crippen MR) is 83.7 cm³/mol. The van der Waals surface area contributed by atoms with Gasteiger partial charge in [-0.25, -0.2) is 14.4 Å². The van der Waals surface area contributed by atoms with Gasteiger partial charge in [0.2, 0.25) is 0 Å². The standard InChI is InChI=1S/C17H20O6/c1-3-5-8-12(23-14(18)4-2)10-11-7-6-9-13(16(19)20)15(11)17(21)22/h4,6-7,9,12H,2-3,5,8,10H2,1H3,(H,19,20)(H,21,22). The van der Waals surface area contributed by atoms with Crippen LogP contribution in [0, 0.1) is 0 Å². The first kappa shape index (κ1) is 18.4. The Bertz CT molecular complexity index is 605. The highest BCUT2D eigenvalue weighted by Crippen LogP contribution is 2.20. The van der Waals surface area contributed by atoms with Crippen molar-refractivity contribution in [3.05, 3.63) is 47.5 Å². The molecular formula is C17H20O6. The van der Waals surface area contributed by atoms with E-state index < -0.39 is 24.0 Å². The average Bonchev–Trinajstić information content (AvgIpc) is 2.51. The smallest absolute Gasteiger partial charge is 0.336 e. The molecule has 0 saturated carbocycles. The maximum Gasteiger partial charge on any atom is 0.336 e. The van der Waals surface area contributed by atoms with Gasteiger partial charge in [-0.1, -0.05) is 38.5 Å². The van der Waals surface area contributed by atoms with Crippen molar-refractivity contribution in [2.75, 3.05) is 0 Å². The van der Waals surface area contributed by atoms with E-state index in [0.29, 0.717) is 12.0 Å². The van der Waals surface area contributed by atoms with Gasteiger partial charge in [-0.3, -0.25) is 0 Å². The monoisotopic (exact) mass is 320 g/mol. The van der Waals surface area contributed by atoms with Crippen LogP contribution in [0.3, 0.4) is 0 Å². The zero-order valence-electron chi connectivity index (χ0n) is 12.9. The van der Waals surface area contributed by atoms with E-state index in [2.05, 4.69) is 6.58 Å². The summed E-state index contributed by atoms with van der Waals surface area (Å²) >= 11 is 0. The van der Waals surface area contributed by atoms with Crippen LogP contribution in [0.15, 0.2) is 30.9 Å². The molecule has 124 valence electrons. The average molecular weight is 320 g/mol. The summed E-state index contributed by atoms with van der Waals surface area (Å²) in [6, 6.07) is 4.26. The molecule has 0 amide bonds. The van der Waals surface area contributed by atoms with Crippen molar-refractivity contribution < 1.29 is 29.3 Å². The number of ether oxygens (including phenoxy) is 1. The highest BCUT2D eigenvalue weighted by Gasteiger charge is 2.23. The molecule has 1 aromatic rings. The van der Waals surface area contributed by atoms with Gasteiger partial charge in [-0.05, 0) is 18.1 Å². The Morgan fingerprint density at radius 3 is 2.48 bits per heavy atom. The quantitative estimate of drug-likeness (QED) is 0.536. The molecule has 0 fully saturated rings. The fraction of sp³-hybridized carbons (Fsp3) is 0.353. The Hall–Kier alpha value is -2.63. The lowest BCUT2D eigenvalue weighted by molar-refractivity contribution is -0.143. The van der Waals surface area contributed by atoms with Gasteiger partial charge >= 0.3 is 17.9 Å². The fourth-order valence-electron chi connectivity index (χ4n) is 2.29. The number of hydrogen-bond acceptors (Lipinski definition) is 4. The molecule has 0 saturated heterocycles. The molecule has 0 spiro atoms. The summed E-state index contributed by atoms with van der Waals surface area (Å²) in [4.78, 5) is 34.1. The number of carboxylic acid groups (broad SMARTS) is 2. The Morgan fingerprint density at radius 1 is 1.26 bits per heavy atom. The Morgan fingerprint density at radius 2 is 1.96 bits per heavy atom. The second-order valence-electron chi connectivity index (χ2n) is 5.06. The van der Waals surface area contributed by atoms with E-state index in [1.807, 2.05) is 6.92 Å². The first-order chi connectivity index (χ1) is 10.9. The highest BCUT2D eigenvalue weighted by molar-refractivity contribution is 6.02. The van der Waals surface area contributed by atoms with Crippen LogP contribution in [0.2, 0.25) is 0 Å². The molecule has 23 heavy (non-hydrogen) atoms. The fourth-order valence-corrected chi connectivity index (χ4v) is 2.29. The summed E-state index contributed by atoms with van der Waals surface area (Å²) in [7, 11) is 0. The molecule has 6 nitrogen and oxygen atoms in total. The van der Waals surface area contributed by atoms with E-state index >= 15 is 0 Å². The van der Waals surface area contributed by atoms with Crippen LogP contribution >= 0.6 is 0 Å². The van der Waals surface area contributed by atoms with Crippen LogP contribution in [-0.4, -0.2) is 34.2 Å². The summed E-state index contributed by atoms with van der Waals surface area (Å²) in [6.07, 6.45) is 2.92. The van der Waals surface area contributed by atoms with Gasteiger partial charge in [0.1, 0.15) is 6.10 Å². The minimum Gasteiger partial charge on any atom is -0.478 e. The van der Waals surface area contributed by atoms with Gasteiger partial charge < -0.3 is 14.9 Å². The summed E-state index contributed by atoms with van der Waals surface area (Å²) in [5.41, 5.74) is -0.217. The number of carbonyl (C=O) groups is 3. The van der Waals surface area contributed by atoms with E-state index in [4.69, 9.17) is 9.84 Å². The van der Waals surface area contributed by atoms with Crippen molar-refractivity contribution >= 4 is 17.9 Å². The van der Waals surface area contributed by atoms with Gasteiger partial charge in [0, 0.05) is 12.5 Å². The molecule has 0 aliphatic heterocycles. The summed E-state index contributed by atoms with van der Waals surface area (Å²) in [5, 5.41) is 18.5. The number of hydrogen-bond donors (Lipinski definition) is 2. The number of rotatable bonds is 9. The SMILES string of the molecule is C=CC(=O)OC(CCCC)Cc1cccc(C(=O)O)c1C(=O)O. The van der Waals surface area contributed by atoms with Gasteiger partial charge in [0.05, 0.1) is 11.1 Å². The van der Waals surface area contributed by atoms with Gasteiger partial charge in [0.15, 0.2) is 0 Å². The number of carbonyl (C=O) groups excluding carboxylic acids is 1. The lowest BCUT2D eigenvalue weighted by Gasteiger charge is -2.18. The van der Waals surface area contributed by atoms with E-state index in [-0.39, 0.29) is 17.5 Å². The van der Waals surface area contributed by atoms with Crippen LogP contribution in [0.1, 0.15) is 52.5 Å². The first-order valence-corrected chi connectivity index (χ1v) is 7.32. The van der Waals surface area contributed by atoms with Gasteiger partial charge in [-0.15, -0.1) is 0 Å². The van der Waals surface area contributed by atoms with E-state index in [1.165, 1.54) is 18.2 Å². The van der Waals surface area contributed by atoms with Crippen molar-refractivity contribution in [3.63, 3.8) is 0 Å². The van der Waals surface area contributed by atoms with Crippen molar-refractivity contribution in [1.29, 1.82) is 0 Å². The number of carboxylic acids is 2. The molecule has 0 aliphatic rings. The van der Waals surface area contributed by atoms with Crippen LogP contribution in [0.5, 0.6) is 0 Å². The molecular weight excluding hydrogens is 300 g/mol. The van der Waals surface area contributed by atoms with Crippen molar-refractivity contribution in [1.82, 2.24) is 0 Å². The molecule has 6 heteroatoms. The maximum atomic E-state index is 11.4. The van der Waals surface area contributed by atoms with Crippen LogP contribution in [0.25, 0.3) is 0 Å². The molecule has 0 aromatic heterocycles. The third-order valence-corrected chi connectivity index (χ3v) is 3.37. The molecule has 1 aromatic carbocycles. The number of aromatic carboxylic acids is 2. The number of unbranched alkanes of at least 4 members (excludes halogenated alkanes) is 1. The minimum absolute atomic E-state index is 0.141. The van der Waals surface area contributed by atoms with Gasteiger partial charge in [0.25, 0.3) is 0 Å². The Labute approximate surface area is 134 Å². The van der Waals surface area contributed by atoms with Crippen molar-refractivity contribution in [2.24, 2.45) is 0 Å². The second-order valence-corrected chi connectivity index (χ2v) is 5.06. The third-order valence-electron chi connectivity index (χ3n) is 3.37. The van der Waals surface area contributed by atoms with Crippen LogP contribution in [-0.2, 0) is 16.0 Å². The molecule has 1 rings (SSSR count). The van der Waals surface area contributed by atoms with E-state index in [9.17, 15) is 19.5 Å². The van der Waals surface area contributed by atoms with Gasteiger partial charge in [-0.2, -0.15) is 0 Å². The minimum atomic E-state index is -1.32. The predicted octanol–water partition coefficient (Wildman–Crippen LogP) is 2.91. The zero-order valence-corrected chi connectivity index (χ0v) is 12.9. The topological polar surface area (TPSA) is 101 Å². The number of benzene rings is 1. The third kappa shape index (κ3) is 5.25. The van der Waals surface area contributed by atoms with Crippen LogP contribution < -0.4 is 0 Å². The Balaban J connectivity index is 3.13. The molecule has 2 N–H and O–H groups in total. The molecule has 1 unspecified atom stereocenters. The first-order valence-electron chi connectivity index (χ1n) is 7.32. The molecule has 0 bridgehead atoms. The van der Waals surface area contributed by atoms with Crippen molar-refractivity contribution in [3.8, 4) is 0 Å².